The first-order valence-corrected chi connectivity index (χ1v) is 10.5. The molecule has 2 saturated heterocycles. The van der Waals surface area contributed by atoms with Crippen LogP contribution in [0.1, 0.15) is 51.0 Å². The van der Waals surface area contributed by atoms with Gasteiger partial charge in [0.2, 0.25) is 5.91 Å². The summed E-state index contributed by atoms with van der Waals surface area (Å²) in [5.74, 6) is 0.479. The number of nitrogens with one attached hydrogen (secondary N) is 1. The molecule has 2 aliphatic heterocycles. The van der Waals surface area contributed by atoms with E-state index < -0.39 is 0 Å². The predicted octanol–water partition coefficient (Wildman–Crippen LogP) is 3.28. The summed E-state index contributed by atoms with van der Waals surface area (Å²) in [5, 5.41) is 3.14. The quantitative estimate of drug-likeness (QED) is 0.761. The average molecular weight is 358 g/mol. The SMILES string of the molecule is CCCCNC(=O)[C@H]1CCCN(C2CCN(Cc3ccccc3)CC2)C1. The molecule has 1 N–H and O–H groups in total. The number of piperidine rings is 2. The zero-order valence-electron chi connectivity index (χ0n) is 16.3. The Morgan fingerprint density at radius 3 is 2.62 bits per heavy atom. The third kappa shape index (κ3) is 5.55. The summed E-state index contributed by atoms with van der Waals surface area (Å²) in [6.07, 6.45) is 6.91. The monoisotopic (exact) mass is 357 g/mol. The van der Waals surface area contributed by atoms with E-state index in [0.29, 0.717) is 6.04 Å². The topological polar surface area (TPSA) is 35.6 Å². The van der Waals surface area contributed by atoms with Gasteiger partial charge in [0.1, 0.15) is 0 Å². The van der Waals surface area contributed by atoms with E-state index in [1.54, 1.807) is 0 Å². The minimum Gasteiger partial charge on any atom is -0.356 e. The molecule has 0 radical (unpaired) electrons. The van der Waals surface area contributed by atoms with E-state index in [0.717, 1.165) is 45.3 Å². The molecular formula is C22H35N3O. The van der Waals surface area contributed by atoms with Crippen LogP contribution in [0.5, 0.6) is 0 Å². The standard InChI is InChI=1S/C22H35N3O/c1-2-3-13-23-22(26)20-10-7-14-25(18-20)21-11-15-24(16-12-21)17-19-8-5-4-6-9-19/h4-6,8-9,20-21H,2-3,7,10-18H2,1H3,(H,23,26)/t20-/m0/s1. The van der Waals surface area contributed by atoms with Crippen LogP contribution in [0.15, 0.2) is 30.3 Å². The van der Waals surface area contributed by atoms with Crippen LogP contribution < -0.4 is 5.32 Å². The van der Waals surface area contributed by atoms with Crippen molar-refractivity contribution in [2.75, 3.05) is 32.7 Å². The number of carbonyl (C=O) groups excluding carboxylic acids is 1. The van der Waals surface area contributed by atoms with Gasteiger partial charge in [-0.2, -0.15) is 0 Å². The smallest absolute Gasteiger partial charge is 0.224 e. The van der Waals surface area contributed by atoms with Crippen LogP contribution in [0.4, 0.5) is 0 Å². The van der Waals surface area contributed by atoms with Gasteiger partial charge in [0, 0.05) is 25.7 Å². The second kappa shape index (κ2) is 10.1. The van der Waals surface area contributed by atoms with E-state index in [9.17, 15) is 4.79 Å². The minimum absolute atomic E-state index is 0.197. The van der Waals surface area contributed by atoms with Crippen LogP contribution in [0.3, 0.4) is 0 Å². The predicted molar refractivity (Wildman–Crippen MR) is 107 cm³/mol. The van der Waals surface area contributed by atoms with Gasteiger partial charge in [-0.3, -0.25) is 14.6 Å². The van der Waals surface area contributed by atoms with Crippen molar-refractivity contribution < 1.29 is 4.79 Å². The van der Waals surface area contributed by atoms with Gasteiger partial charge < -0.3 is 5.32 Å². The van der Waals surface area contributed by atoms with Crippen molar-refractivity contribution in [3.05, 3.63) is 35.9 Å². The third-order valence-corrected chi connectivity index (χ3v) is 5.98. The molecule has 1 aromatic carbocycles. The fourth-order valence-electron chi connectivity index (χ4n) is 4.37. The molecule has 4 nitrogen and oxygen atoms in total. The molecule has 0 bridgehead atoms. The largest absolute Gasteiger partial charge is 0.356 e. The van der Waals surface area contributed by atoms with E-state index in [1.807, 2.05) is 0 Å². The van der Waals surface area contributed by atoms with Crippen molar-refractivity contribution in [3.8, 4) is 0 Å². The highest BCUT2D eigenvalue weighted by molar-refractivity contribution is 5.78. The van der Waals surface area contributed by atoms with Crippen LogP contribution >= 0.6 is 0 Å². The highest BCUT2D eigenvalue weighted by atomic mass is 16.1. The van der Waals surface area contributed by atoms with Crippen LogP contribution in [-0.2, 0) is 11.3 Å². The molecule has 2 aliphatic rings. The number of unbranched alkanes of at least 4 members (excludes halogenated alkanes) is 1. The number of likely N-dealkylation sites (tertiary alicyclic amines) is 2. The number of hydrogen-bond acceptors (Lipinski definition) is 3. The maximum atomic E-state index is 12.4. The second-order valence-electron chi connectivity index (χ2n) is 7.97. The van der Waals surface area contributed by atoms with Crippen molar-refractivity contribution >= 4 is 5.91 Å². The van der Waals surface area contributed by atoms with E-state index in [2.05, 4.69) is 52.4 Å². The molecule has 3 rings (SSSR count). The lowest BCUT2D eigenvalue weighted by molar-refractivity contribution is -0.127. The van der Waals surface area contributed by atoms with Gasteiger partial charge in [0.05, 0.1) is 5.92 Å². The molecule has 0 unspecified atom stereocenters. The molecule has 2 heterocycles. The van der Waals surface area contributed by atoms with Crippen molar-refractivity contribution in [1.82, 2.24) is 15.1 Å². The Balaban J connectivity index is 1.43. The van der Waals surface area contributed by atoms with Crippen molar-refractivity contribution in [2.24, 2.45) is 5.92 Å². The number of hydrogen-bond donors (Lipinski definition) is 1. The van der Waals surface area contributed by atoms with Gasteiger partial charge in [0.25, 0.3) is 0 Å². The lowest BCUT2D eigenvalue weighted by Gasteiger charge is -2.42. The van der Waals surface area contributed by atoms with Crippen LogP contribution in [-0.4, -0.2) is 54.5 Å². The van der Waals surface area contributed by atoms with Crippen molar-refractivity contribution in [1.29, 1.82) is 0 Å². The summed E-state index contributed by atoms with van der Waals surface area (Å²) >= 11 is 0. The molecule has 144 valence electrons. The number of carbonyl (C=O) groups is 1. The maximum Gasteiger partial charge on any atom is 0.224 e. The normalized spacial score (nSPS) is 23.0. The first-order chi connectivity index (χ1) is 12.8. The Morgan fingerprint density at radius 2 is 1.88 bits per heavy atom. The first-order valence-electron chi connectivity index (χ1n) is 10.5. The molecule has 1 atom stereocenters. The number of amides is 1. The molecule has 1 amide bonds. The minimum atomic E-state index is 0.197. The number of nitrogens with zero attached hydrogens (tertiary/aromatic N) is 2. The lowest BCUT2D eigenvalue weighted by Crippen LogP contribution is -2.50. The van der Waals surface area contributed by atoms with Gasteiger partial charge in [-0.15, -0.1) is 0 Å². The molecule has 0 spiro atoms. The number of benzene rings is 1. The first kappa shape index (κ1) is 19.4. The molecule has 26 heavy (non-hydrogen) atoms. The summed E-state index contributed by atoms with van der Waals surface area (Å²) in [7, 11) is 0. The molecule has 4 heteroatoms. The zero-order valence-corrected chi connectivity index (χ0v) is 16.3. The van der Waals surface area contributed by atoms with Gasteiger partial charge in [-0.05, 0) is 57.3 Å². The summed E-state index contributed by atoms with van der Waals surface area (Å²) in [6, 6.07) is 11.4. The highest BCUT2D eigenvalue weighted by Gasteiger charge is 2.31. The zero-order chi connectivity index (χ0) is 18.2. The van der Waals surface area contributed by atoms with E-state index in [1.165, 1.54) is 38.0 Å². The summed E-state index contributed by atoms with van der Waals surface area (Å²) < 4.78 is 0. The highest BCUT2D eigenvalue weighted by Crippen LogP contribution is 2.24. The molecule has 1 aromatic rings. The van der Waals surface area contributed by atoms with Gasteiger partial charge in [0.15, 0.2) is 0 Å². The third-order valence-electron chi connectivity index (χ3n) is 5.98. The van der Waals surface area contributed by atoms with Gasteiger partial charge in [-0.25, -0.2) is 0 Å². The van der Waals surface area contributed by atoms with E-state index >= 15 is 0 Å². The Labute approximate surface area is 158 Å². The molecule has 0 saturated carbocycles. The summed E-state index contributed by atoms with van der Waals surface area (Å²) in [4.78, 5) is 17.6. The van der Waals surface area contributed by atoms with E-state index in [-0.39, 0.29) is 11.8 Å². The van der Waals surface area contributed by atoms with Crippen LogP contribution in [0.25, 0.3) is 0 Å². The fourth-order valence-corrected chi connectivity index (χ4v) is 4.37. The summed E-state index contributed by atoms with van der Waals surface area (Å²) in [6.45, 7) is 8.54. The van der Waals surface area contributed by atoms with Gasteiger partial charge >= 0.3 is 0 Å². The molecule has 2 fully saturated rings. The molecule has 0 aliphatic carbocycles. The molecular weight excluding hydrogens is 322 g/mol. The summed E-state index contributed by atoms with van der Waals surface area (Å²) in [5.41, 5.74) is 1.41. The van der Waals surface area contributed by atoms with Crippen LogP contribution in [0, 0.1) is 5.92 Å². The number of rotatable bonds is 7. The fraction of sp³-hybridized carbons (Fsp3) is 0.682. The second-order valence-corrected chi connectivity index (χ2v) is 7.97. The molecule has 0 aromatic heterocycles. The maximum absolute atomic E-state index is 12.4. The van der Waals surface area contributed by atoms with Crippen molar-refractivity contribution in [3.63, 3.8) is 0 Å². The Morgan fingerprint density at radius 1 is 1.12 bits per heavy atom. The van der Waals surface area contributed by atoms with Gasteiger partial charge in [-0.1, -0.05) is 43.7 Å². The Bertz CT molecular complexity index is 540. The van der Waals surface area contributed by atoms with Crippen LogP contribution in [0.2, 0.25) is 0 Å². The van der Waals surface area contributed by atoms with E-state index in [4.69, 9.17) is 0 Å². The Kier molecular flexibility index (Phi) is 7.51. The lowest BCUT2D eigenvalue weighted by atomic mass is 9.93. The average Bonchev–Trinajstić information content (AvgIpc) is 2.69. The van der Waals surface area contributed by atoms with Crippen molar-refractivity contribution in [2.45, 2.75) is 58.0 Å². The Hall–Kier alpha value is -1.39.